The number of alkyl halides is 1. The Labute approximate surface area is 77.3 Å². The second-order valence-corrected chi connectivity index (χ2v) is 5.20. The third kappa shape index (κ3) is 5.17. The molecule has 0 aliphatic heterocycles. The normalized spacial score (nSPS) is 22.7. The molecular formula is C7H14FNO3S. The Morgan fingerprint density at radius 2 is 2.15 bits per heavy atom. The van der Waals surface area contributed by atoms with E-state index in [0.717, 1.165) is 19.8 Å². The summed E-state index contributed by atoms with van der Waals surface area (Å²) in [5, 5.41) is 2.47. The number of nitrogens with one attached hydrogen (secondary N) is 1. The van der Waals surface area contributed by atoms with Crippen LogP contribution in [0.25, 0.3) is 0 Å². The topological polar surface area (TPSA) is 66.4 Å². The van der Waals surface area contributed by atoms with Crippen LogP contribution < -0.4 is 5.32 Å². The summed E-state index contributed by atoms with van der Waals surface area (Å²) in [6.45, 7) is 1.59. The van der Waals surface area contributed by atoms with Crippen LogP contribution in [0.1, 0.15) is 19.8 Å². The average molecular weight is 211 g/mol. The summed E-state index contributed by atoms with van der Waals surface area (Å²) < 4.78 is 42.5. The van der Waals surface area contributed by atoms with Crippen molar-refractivity contribution in [2.45, 2.75) is 25.6 Å². The minimum Gasteiger partial charge on any atom is -0.285 e. The van der Waals surface area contributed by atoms with E-state index in [2.05, 4.69) is 5.32 Å². The lowest BCUT2D eigenvalue weighted by molar-refractivity contribution is 0.162. The van der Waals surface area contributed by atoms with E-state index < -0.39 is 21.7 Å². The van der Waals surface area contributed by atoms with E-state index in [0.29, 0.717) is 12.5 Å². The molecule has 0 heterocycles. The minimum atomic E-state index is -4.25. The quantitative estimate of drug-likeness (QED) is 0.515. The van der Waals surface area contributed by atoms with Gasteiger partial charge in [-0.3, -0.25) is 9.87 Å². The first-order valence-corrected chi connectivity index (χ1v) is 5.78. The van der Waals surface area contributed by atoms with Crippen molar-refractivity contribution in [1.29, 1.82) is 0 Å². The van der Waals surface area contributed by atoms with Gasteiger partial charge >= 0.3 is 0 Å². The molecule has 0 aromatic carbocycles. The molecule has 1 aliphatic rings. The van der Waals surface area contributed by atoms with Gasteiger partial charge in [-0.15, -0.1) is 0 Å². The lowest BCUT2D eigenvalue weighted by Crippen LogP contribution is -2.44. The van der Waals surface area contributed by atoms with Gasteiger partial charge in [-0.05, 0) is 25.7 Å². The maximum atomic E-state index is 13.3. The Kier molecular flexibility index (Phi) is 2.94. The molecule has 0 spiro atoms. The predicted octanol–water partition coefficient (Wildman–Crippen LogP) is 0.559. The van der Waals surface area contributed by atoms with Crippen molar-refractivity contribution < 1.29 is 17.4 Å². The van der Waals surface area contributed by atoms with Gasteiger partial charge in [0.1, 0.15) is 5.75 Å². The summed E-state index contributed by atoms with van der Waals surface area (Å²) >= 11 is 0. The Balaban J connectivity index is 2.34. The molecule has 2 N–H and O–H groups in total. The molecule has 0 aromatic heterocycles. The molecule has 1 atom stereocenters. The van der Waals surface area contributed by atoms with Gasteiger partial charge < -0.3 is 0 Å². The zero-order valence-electron chi connectivity index (χ0n) is 7.46. The monoisotopic (exact) mass is 211 g/mol. The fraction of sp³-hybridized carbons (Fsp3) is 1.00. The van der Waals surface area contributed by atoms with Gasteiger partial charge in [0.25, 0.3) is 10.1 Å². The van der Waals surface area contributed by atoms with E-state index in [1.807, 2.05) is 0 Å². The Bertz CT molecular complexity index is 271. The summed E-state index contributed by atoms with van der Waals surface area (Å²) in [5.41, 5.74) is 0. The van der Waals surface area contributed by atoms with Gasteiger partial charge in [-0.1, -0.05) is 0 Å². The molecule has 0 unspecified atom stereocenters. The molecular weight excluding hydrogens is 197 g/mol. The Hall–Kier alpha value is -0.200. The van der Waals surface area contributed by atoms with Crippen molar-refractivity contribution in [3.63, 3.8) is 0 Å². The first kappa shape index (κ1) is 10.9. The van der Waals surface area contributed by atoms with Gasteiger partial charge in [-0.2, -0.15) is 8.42 Å². The molecule has 1 fully saturated rings. The highest BCUT2D eigenvalue weighted by Crippen LogP contribution is 2.28. The van der Waals surface area contributed by atoms with Crippen LogP contribution in [-0.4, -0.2) is 31.1 Å². The highest BCUT2D eigenvalue weighted by Gasteiger charge is 2.31. The van der Waals surface area contributed by atoms with E-state index in [4.69, 9.17) is 4.55 Å². The zero-order chi connectivity index (χ0) is 10.1. The summed E-state index contributed by atoms with van der Waals surface area (Å²) in [5.74, 6) is -2.46. The molecule has 0 radical (unpaired) electrons. The molecule has 0 saturated heterocycles. The molecule has 0 aromatic rings. The first-order valence-electron chi connectivity index (χ1n) is 4.18. The second-order valence-electron chi connectivity index (χ2n) is 3.75. The SMILES string of the molecule is C[C@@](F)(CS(=O)(=O)O)NCC1CC1. The first-order chi connectivity index (χ1) is 5.79. The van der Waals surface area contributed by atoms with Crippen LogP contribution in [0.5, 0.6) is 0 Å². The van der Waals surface area contributed by atoms with Crippen molar-refractivity contribution in [2.24, 2.45) is 5.92 Å². The van der Waals surface area contributed by atoms with Crippen LogP contribution in [0, 0.1) is 5.92 Å². The van der Waals surface area contributed by atoms with E-state index in [9.17, 15) is 12.8 Å². The van der Waals surface area contributed by atoms with Crippen LogP contribution in [0.3, 0.4) is 0 Å². The fourth-order valence-electron chi connectivity index (χ4n) is 1.07. The third-order valence-electron chi connectivity index (χ3n) is 1.91. The minimum absolute atomic E-state index is 0.469. The summed E-state index contributed by atoms with van der Waals surface area (Å²) in [6, 6.07) is 0. The van der Waals surface area contributed by atoms with Gasteiger partial charge in [-0.25, -0.2) is 4.39 Å². The van der Waals surface area contributed by atoms with Crippen molar-refractivity contribution in [2.75, 3.05) is 12.3 Å². The van der Waals surface area contributed by atoms with Crippen molar-refractivity contribution in [3.8, 4) is 0 Å². The summed E-state index contributed by atoms with van der Waals surface area (Å²) in [6.07, 6.45) is 2.13. The van der Waals surface area contributed by atoms with Crippen LogP contribution in [-0.2, 0) is 10.1 Å². The van der Waals surface area contributed by atoms with Crippen molar-refractivity contribution >= 4 is 10.1 Å². The van der Waals surface area contributed by atoms with Gasteiger partial charge in [0.15, 0.2) is 5.79 Å². The van der Waals surface area contributed by atoms with E-state index in [1.54, 1.807) is 0 Å². The zero-order valence-corrected chi connectivity index (χ0v) is 8.27. The van der Waals surface area contributed by atoms with Gasteiger partial charge in [0.05, 0.1) is 0 Å². The van der Waals surface area contributed by atoms with E-state index >= 15 is 0 Å². The standard InChI is InChI=1S/C7H14FNO3S/c1-7(8,5-13(10,11)12)9-4-6-2-3-6/h6,9H,2-5H2,1H3,(H,10,11,12)/t7-/m0/s1. The highest BCUT2D eigenvalue weighted by atomic mass is 32.2. The molecule has 1 saturated carbocycles. The van der Waals surface area contributed by atoms with Crippen LogP contribution in [0.4, 0.5) is 4.39 Å². The maximum absolute atomic E-state index is 13.3. The lowest BCUT2D eigenvalue weighted by Gasteiger charge is -2.20. The fourth-order valence-corrected chi connectivity index (χ4v) is 1.86. The molecule has 4 nitrogen and oxygen atoms in total. The van der Waals surface area contributed by atoms with Crippen molar-refractivity contribution in [1.82, 2.24) is 5.32 Å². The maximum Gasteiger partial charge on any atom is 0.269 e. The van der Waals surface area contributed by atoms with Gasteiger partial charge in [0, 0.05) is 6.54 Å². The van der Waals surface area contributed by atoms with Crippen LogP contribution in [0.15, 0.2) is 0 Å². The van der Waals surface area contributed by atoms with E-state index in [1.165, 1.54) is 0 Å². The largest absolute Gasteiger partial charge is 0.285 e. The Morgan fingerprint density at radius 1 is 1.62 bits per heavy atom. The second kappa shape index (κ2) is 3.51. The van der Waals surface area contributed by atoms with Crippen LogP contribution >= 0.6 is 0 Å². The predicted molar refractivity (Wildman–Crippen MR) is 46.7 cm³/mol. The molecule has 0 bridgehead atoms. The number of hydrogen-bond donors (Lipinski definition) is 2. The lowest BCUT2D eigenvalue weighted by atomic mass is 10.3. The van der Waals surface area contributed by atoms with E-state index in [-0.39, 0.29) is 0 Å². The number of halogens is 1. The summed E-state index contributed by atoms with van der Waals surface area (Å²) in [7, 11) is -4.25. The van der Waals surface area contributed by atoms with Crippen molar-refractivity contribution in [3.05, 3.63) is 0 Å². The number of hydrogen-bond acceptors (Lipinski definition) is 3. The van der Waals surface area contributed by atoms with Crippen LogP contribution in [0.2, 0.25) is 0 Å². The molecule has 0 amide bonds. The molecule has 78 valence electrons. The van der Waals surface area contributed by atoms with Gasteiger partial charge in [0.2, 0.25) is 0 Å². The molecule has 13 heavy (non-hydrogen) atoms. The smallest absolute Gasteiger partial charge is 0.269 e. The summed E-state index contributed by atoms with van der Waals surface area (Å²) in [4.78, 5) is 0. The highest BCUT2D eigenvalue weighted by molar-refractivity contribution is 7.85. The average Bonchev–Trinajstić information content (AvgIpc) is 2.59. The molecule has 1 rings (SSSR count). The Morgan fingerprint density at radius 3 is 2.54 bits per heavy atom. The molecule has 1 aliphatic carbocycles. The number of rotatable bonds is 5. The third-order valence-corrected chi connectivity index (χ3v) is 2.82. The molecule has 6 heteroatoms.